The molecule has 0 radical (unpaired) electrons. The van der Waals surface area contributed by atoms with Crippen LogP contribution in [-0.4, -0.2) is 13.1 Å². The summed E-state index contributed by atoms with van der Waals surface area (Å²) in [5.41, 5.74) is 13.8. The SMILES string of the molecule is CCCCN(CCCC)c1ccc2c(c1)C(C)(C)c1cc(N)ccc1-2. The number of nitrogens with two attached hydrogens (primary N) is 1. The van der Waals surface area contributed by atoms with Crippen molar-refractivity contribution >= 4 is 11.4 Å². The normalized spacial score (nSPS) is 14.2. The molecule has 2 heteroatoms. The molecule has 0 fully saturated rings. The van der Waals surface area contributed by atoms with Gasteiger partial charge in [0.2, 0.25) is 0 Å². The maximum absolute atomic E-state index is 6.07. The van der Waals surface area contributed by atoms with Crippen LogP contribution in [0.3, 0.4) is 0 Å². The summed E-state index contributed by atoms with van der Waals surface area (Å²) < 4.78 is 0. The van der Waals surface area contributed by atoms with E-state index in [0.717, 1.165) is 18.8 Å². The quantitative estimate of drug-likeness (QED) is 0.630. The van der Waals surface area contributed by atoms with Crippen LogP contribution in [0.25, 0.3) is 11.1 Å². The summed E-state index contributed by atoms with van der Waals surface area (Å²) >= 11 is 0. The van der Waals surface area contributed by atoms with Crippen molar-refractivity contribution in [1.82, 2.24) is 0 Å². The number of benzene rings is 2. The number of rotatable bonds is 7. The first-order valence-corrected chi connectivity index (χ1v) is 9.79. The summed E-state index contributed by atoms with van der Waals surface area (Å²) in [7, 11) is 0. The molecule has 1 aliphatic rings. The van der Waals surface area contributed by atoms with E-state index in [0.29, 0.717) is 0 Å². The van der Waals surface area contributed by atoms with E-state index >= 15 is 0 Å². The monoisotopic (exact) mass is 336 g/mol. The molecule has 0 amide bonds. The van der Waals surface area contributed by atoms with Crippen LogP contribution in [0.2, 0.25) is 0 Å². The molecule has 3 rings (SSSR count). The third-order valence-electron chi connectivity index (χ3n) is 5.61. The predicted molar refractivity (Wildman–Crippen MR) is 110 cm³/mol. The van der Waals surface area contributed by atoms with Gasteiger partial charge in [0, 0.05) is 29.9 Å². The fraction of sp³-hybridized carbons (Fsp3) is 0.478. The van der Waals surface area contributed by atoms with Gasteiger partial charge in [0.1, 0.15) is 0 Å². The number of anilines is 2. The number of hydrogen-bond donors (Lipinski definition) is 1. The molecule has 0 heterocycles. The van der Waals surface area contributed by atoms with E-state index in [2.05, 4.69) is 62.9 Å². The highest BCUT2D eigenvalue weighted by Gasteiger charge is 2.35. The van der Waals surface area contributed by atoms with E-state index in [9.17, 15) is 0 Å². The Kier molecular flexibility index (Phi) is 5.08. The minimum Gasteiger partial charge on any atom is -0.399 e. The Labute approximate surface area is 153 Å². The standard InChI is InChI=1S/C23H32N2/c1-5-7-13-25(14-8-6-2)18-10-12-20-19-11-9-17(24)15-21(19)23(3,4)22(20)16-18/h9-12,15-16H,5-8,13-14,24H2,1-4H3. The topological polar surface area (TPSA) is 29.3 Å². The maximum Gasteiger partial charge on any atom is 0.0369 e. The van der Waals surface area contributed by atoms with Crippen LogP contribution < -0.4 is 10.6 Å². The van der Waals surface area contributed by atoms with Gasteiger partial charge in [-0.2, -0.15) is 0 Å². The predicted octanol–water partition coefficient (Wildman–Crippen LogP) is 5.98. The highest BCUT2D eigenvalue weighted by atomic mass is 15.1. The van der Waals surface area contributed by atoms with Crippen molar-refractivity contribution < 1.29 is 0 Å². The molecule has 2 nitrogen and oxygen atoms in total. The van der Waals surface area contributed by atoms with Gasteiger partial charge >= 0.3 is 0 Å². The molecular weight excluding hydrogens is 304 g/mol. The minimum atomic E-state index is 0.0112. The Morgan fingerprint density at radius 1 is 0.840 bits per heavy atom. The second kappa shape index (κ2) is 7.11. The molecule has 0 saturated heterocycles. The van der Waals surface area contributed by atoms with E-state index < -0.39 is 0 Å². The van der Waals surface area contributed by atoms with E-state index in [1.807, 2.05) is 6.07 Å². The molecular formula is C23H32N2. The fourth-order valence-electron chi connectivity index (χ4n) is 4.01. The lowest BCUT2D eigenvalue weighted by atomic mass is 9.82. The highest BCUT2D eigenvalue weighted by molar-refractivity contribution is 5.83. The molecule has 2 N–H and O–H groups in total. The van der Waals surface area contributed by atoms with Gasteiger partial charge < -0.3 is 10.6 Å². The lowest BCUT2D eigenvalue weighted by Crippen LogP contribution is -2.26. The second-order valence-electron chi connectivity index (χ2n) is 7.85. The zero-order valence-electron chi connectivity index (χ0n) is 16.2. The molecule has 1 aliphatic carbocycles. The van der Waals surface area contributed by atoms with Gasteiger partial charge in [0.15, 0.2) is 0 Å². The Morgan fingerprint density at radius 3 is 2.00 bits per heavy atom. The number of nitrogen functional groups attached to an aromatic ring is 1. The zero-order valence-corrected chi connectivity index (χ0v) is 16.2. The number of unbranched alkanes of at least 4 members (excludes halogenated alkanes) is 2. The third-order valence-corrected chi connectivity index (χ3v) is 5.61. The van der Waals surface area contributed by atoms with Crippen LogP contribution >= 0.6 is 0 Å². The van der Waals surface area contributed by atoms with Crippen molar-refractivity contribution in [3.05, 3.63) is 47.5 Å². The molecule has 25 heavy (non-hydrogen) atoms. The highest BCUT2D eigenvalue weighted by Crippen LogP contribution is 2.50. The zero-order chi connectivity index (χ0) is 18.0. The van der Waals surface area contributed by atoms with Crippen LogP contribution in [0.4, 0.5) is 11.4 Å². The van der Waals surface area contributed by atoms with E-state index in [1.165, 1.54) is 53.6 Å². The van der Waals surface area contributed by atoms with Gasteiger partial charge in [-0.05, 0) is 59.4 Å². The van der Waals surface area contributed by atoms with E-state index in [4.69, 9.17) is 5.73 Å². The van der Waals surface area contributed by atoms with Crippen LogP contribution in [0.15, 0.2) is 36.4 Å². The number of fused-ring (bicyclic) bond motifs is 3. The summed E-state index contributed by atoms with van der Waals surface area (Å²) in [6.07, 6.45) is 4.98. The van der Waals surface area contributed by atoms with Gasteiger partial charge in [0.25, 0.3) is 0 Å². The summed E-state index contributed by atoms with van der Waals surface area (Å²) in [6, 6.07) is 13.4. The summed E-state index contributed by atoms with van der Waals surface area (Å²) in [6.45, 7) is 11.5. The molecule has 2 aromatic rings. The second-order valence-corrected chi connectivity index (χ2v) is 7.85. The molecule has 0 aromatic heterocycles. The Balaban J connectivity index is 2.00. The molecule has 0 saturated carbocycles. The van der Waals surface area contributed by atoms with Gasteiger partial charge in [-0.25, -0.2) is 0 Å². The summed E-state index contributed by atoms with van der Waals surface area (Å²) in [5.74, 6) is 0. The van der Waals surface area contributed by atoms with Crippen LogP contribution in [0, 0.1) is 0 Å². The van der Waals surface area contributed by atoms with Crippen molar-refractivity contribution in [1.29, 1.82) is 0 Å². The Hall–Kier alpha value is -1.96. The molecule has 0 aliphatic heterocycles. The average molecular weight is 337 g/mol. The minimum absolute atomic E-state index is 0.0112. The van der Waals surface area contributed by atoms with Gasteiger partial charge in [-0.1, -0.05) is 52.7 Å². The van der Waals surface area contributed by atoms with Crippen LogP contribution in [0.5, 0.6) is 0 Å². The van der Waals surface area contributed by atoms with Crippen molar-refractivity contribution in [2.75, 3.05) is 23.7 Å². The molecule has 0 unspecified atom stereocenters. The molecule has 134 valence electrons. The lowest BCUT2D eigenvalue weighted by Gasteiger charge is -2.27. The molecule has 0 atom stereocenters. The van der Waals surface area contributed by atoms with Gasteiger partial charge in [-0.3, -0.25) is 0 Å². The first-order chi connectivity index (χ1) is 12.0. The van der Waals surface area contributed by atoms with Gasteiger partial charge in [-0.15, -0.1) is 0 Å². The third kappa shape index (κ3) is 3.27. The fourth-order valence-corrected chi connectivity index (χ4v) is 4.01. The van der Waals surface area contributed by atoms with Crippen LogP contribution in [0.1, 0.15) is 64.5 Å². The summed E-state index contributed by atoms with van der Waals surface area (Å²) in [4.78, 5) is 2.57. The first-order valence-electron chi connectivity index (χ1n) is 9.79. The van der Waals surface area contributed by atoms with Crippen molar-refractivity contribution in [2.45, 2.75) is 58.8 Å². The van der Waals surface area contributed by atoms with Crippen molar-refractivity contribution in [2.24, 2.45) is 0 Å². The van der Waals surface area contributed by atoms with E-state index in [-0.39, 0.29) is 5.41 Å². The largest absolute Gasteiger partial charge is 0.399 e. The lowest BCUT2D eigenvalue weighted by molar-refractivity contribution is 0.655. The molecule has 2 aromatic carbocycles. The average Bonchev–Trinajstić information content (AvgIpc) is 2.82. The van der Waals surface area contributed by atoms with Crippen LogP contribution in [-0.2, 0) is 5.41 Å². The first kappa shape index (κ1) is 17.8. The molecule has 0 bridgehead atoms. The number of nitrogens with zero attached hydrogens (tertiary/aromatic N) is 1. The van der Waals surface area contributed by atoms with Gasteiger partial charge in [0.05, 0.1) is 0 Å². The summed E-state index contributed by atoms with van der Waals surface area (Å²) in [5, 5.41) is 0. The molecule has 0 spiro atoms. The Bertz CT molecular complexity index is 738. The Morgan fingerprint density at radius 2 is 1.40 bits per heavy atom. The van der Waals surface area contributed by atoms with Crippen molar-refractivity contribution in [3.63, 3.8) is 0 Å². The maximum atomic E-state index is 6.07. The van der Waals surface area contributed by atoms with Crippen molar-refractivity contribution in [3.8, 4) is 11.1 Å². The van der Waals surface area contributed by atoms with E-state index in [1.54, 1.807) is 0 Å². The number of hydrogen-bond acceptors (Lipinski definition) is 2. The smallest absolute Gasteiger partial charge is 0.0369 e.